The molecule has 4 N–H and O–H groups in total. The molecule has 1 saturated heterocycles. The number of fused-ring (bicyclic) bond motifs is 1. The Morgan fingerprint density at radius 3 is 2.67 bits per heavy atom. The van der Waals surface area contributed by atoms with Gasteiger partial charge in [0.2, 0.25) is 0 Å². The lowest BCUT2D eigenvalue weighted by Gasteiger charge is -2.23. The van der Waals surface area contributed by atoms with Gasteiger partial charge in [-0.2, -0.15) is 0 Å². The summed E-state index contributed by atoms with van der Waals surface area (Å²) in [6, 6.07) is 14.3. The first-order valence-electron chi connectivity index (χ1n) is 8.34. The van der Waals surface area contributed by atoms with Crippen LogP contribution in [0.1, 0.15) is 41.2 Å². The summed E-state index contributed by atoms with van der Waals surface area (Å²) in [5, 5.41) is 3.56. The minimum atomic E-state index is -0.461. The number of aromatic nitrogens is 2. The van der Waals surface area contributed by atoms with E-state index in [-0.39, 0.29) is 0 Å². The maximum atomic E-state index is 11.5. The highest BCUT2D eigenvalue weighted by Gasteiger charge is 2.15. The fourth-order valence-corrected chi connectivity index (χ4v) is 3.38. The van der Waals surface area contributed by atoms with E-state index in [1.165, 1.54) is 24.8 Å². The van der Waals surface area contributed by atoms with Crippen LogP contribution >= 0.6 is 0 Å². The molecule has 0 saturated carbocycles. The number of carbonyl (C=O) groups excluding carboxylic acids is 1. The molecule has 1 aromatic heterocycles. The lowest BCUT2D eigenvalue weighted by Crippen LogP contribution is -2.26. The van der Waals surface area contributed by atoms with Gasteiger partial charge >= 0.3 is 0 Å². The number of H-pyrrole nitrogens is 1. The standard InChI is InChI=1S/C19H20N4O/c20-18(24)14-4-3-6-16-17(14)23-19(22-16)13-9-7-12(8-10-13)15-5-1-2-11-21-15/h3-4,6-10,15,21H,1-2,5,11H2,(H2,20,24)(H,22,23)/t15-/m0/s1. The summed E-state index contributed by atoms with van der Waals surface area (Å²) < 4.78 is 0. The maximum Gasteiger partial charge on any atom is 0.250 e. The summed E-state index contributed by atoms with van der Waals surface area (Å²) in [5.74, 6) is 0.291. The molecule has 5 heteroatoms. The highest BCUT2D eigenvalue weighted by atomic mass is 16.1. The van der Waals surface area contributed by atoms with Crippen LogP contribution in [0.3, 0.4) is 0 Å². The number of hydrogen-bond donors (Lipinski definition) is 3. The highest BCUT2D eigenvalue weighted by Crippen LogP contribution is 2.27. The van der Waals surface area contributed by atoms with Gasteiger partial charge in [-0.1, -0.05) is 36.8 Å². The monoisotopic (exact) mass is 320 g/mol. The van der Waals surface area contributed by atoms with Crippen molar-refractivity contribution in [1.29, 1.82) is 0 Å². The van der Waals surface area contributed by atoms with E-state index in [2.05, 4.69) is 39.6 Å². The summed E-state index contributed by atoms with van der Waals surface area (Å²) in [6.07, 6.45) is 3.72. The molecule has 0 bridgehead atoms. The number of nitrogens with two attached hydrogens (primary N) is 1. The molecule has 0 unspecified atom stereocenters. The summed E-state index contributed by atoms with van der Waals surface area (Å²) in [6.45, 7) is 1.09. The number of carbonyl (C=O) groups is 1. The van der Waals surface area contributed by atoms with Crippen LogP contribution in [0, 0.1) is 0 Å². The van der Waals surface area contributed by atoms with Crippen molar-refractivity contribution in [2.24, 2.45) is 5.73 Å². The number of nitrogens with one attached hydrogen (secondary N) is 2. The normalized spacial score (nSPS) is 17.9. The first kappa shape index (κ1) is 14.9. The second-order valence-corrected chi connectivity index (χ2v) is 6.28. The number of para-hydroxylation sites is 1. The van der Waals surface area contributed by atoms with E-state index < -0.39 is 5.91 Å². The molecule has 3 aromatic rings. The van der Waals surface area contributed by atoms with Crippen LogP contribution in [0.5, 0.6) is 0 Å². The molecule has 5 nitrogen and oxygen atoms in total. The summed E-state index contributed by atoms with van der Waals surface area (Å²) in [4.78, 5) is 19.4. The molecule has 122 valence electrons. The summed E-state index contributed by atoms with van der Waals surface area (Å²) >= 11 is 0. The van der Waals surface area contributed by atoms with E-state index in [9.17, 15) is 4.79 Å². The molecule has 0 radical (unpaired) electrons. The van der Waals surface area contributed by atoms with Crippen molar-refractivity contribution in [1.82, 2.24) is 15.3 Å². The Bertz CT molecular complexity index is 876. The lowest BCUT2D eigenvalue weighted by molar-refractivity contribution is 0.100. The second kappa shape index (κ2) is 6.09. The van der Waals surface area contributed by atoms with Gasteiger partial charge in [0.15, 0.2) is 0 Å². The third-order valence-corrected chi connectivity index (χ3v) is 4.67. The predicted octanol–water partition coefficient (Wildman–Crippen LogP) is 3.14. The number of piperidine rings is 1. The van der Waals surface area contributed by atoms with Crippen LogP contribution in [0.15, 0.2) is 42.5 Å². The number of amides is 1. The Kier molecular flexibility index (Phi) is 3.78. The van der Waals surface area contributed by atoms with Crippen molar-refractivity contribution in [2.45, 2.75) is 25.3 Å². The van der Waals surface area contributed by atoms with Gasteiger partial charge in [-0.3, -0.25) is 4.79 Å². The van der Waals surface area contributed by atoms with Crippen LogP contribution in [0.25, 0.3) is 22.4 Å². The average Bonchev–Trinajstić information content (AvgIpc) is 3.06. The minimum Gasteiger partial charge on any atom is -0.366 e. The van der Waals surface area contributed by atoms with Crippen molar-refractivity contribution in [3.8, 4) is 11.4 Å². The van der Waals surface area contributed by atoms with E-state index in [4.69, 9.17) is 5.73 Å². The number of benzene rings is 2. The fraction of sp³-hybridized carbons (Fsp3) is 0.263. The van der Waals surface area contributed by atoms with Crippen LogP contribution < -0.4 is 11.1 Å². The van der Waals surface area contributed by atoms with Crippen LogP contribution in [-0.4, -0.2) is 22.4 Å². The van der Waals surface area contributed by atoms with Gasteiger partial charge in [0.25, 0.3) is 5.91 Å². The van der Waals surface area contributed by atoms with Crippen molar-refractivity contribution in [3.05, 3.63) is 53.6 Å². The highest BCUT2D eigenvalue weighted by molar-refractivity contribution is 6.04. The molecule has 4 rings (SSSR count). The van der Waals surface area contributed by atoms with Crippen LogP contribution in [0.4, 0.5) is 0 Å². The molecule has 1 atom stereocenters. The zero-order valence-electron chi connectivity index (χ0n) is 13.4. The second-order valence-electron chi connectivity index (χ2n) is 6.28. The van der Waals surface area contributed by atoms with Gasteiger partial charge in [0.1, 0.15) is 11.3 Å². The zero-order chi connectivity index (χ0) is 16.5. The van der Waals surface area contributed by atoms with Gasteiger partial charge in [-0.15, -0.1) is 0 Å². The third kappa shape index (κ3) is 2.67. The first-order valence-corrected chi connectivity index (χ1v) is 8.34. The molecule has 1 aliphatic heterocycles. The Balaban J connectivity index is 1.67. The van der Waals surface area contributed by atoms with Gasteiger partial charge < -0.3 is 16.0 Å². The van der Waals surface area contributed by atoms with Gasteiger partial charge in [-0.05, 0) is 37.1 Å². The van der Waals surface area contributed by atoms with Crippen LogP contribution in [-0.2, 0) is 0 Å². The van der Waals surface area contributed by atoms with E-state index in [1.54, 1.807) is 6.07 Å². The molecule has 24 heavy (non-hydrogen) atoms. The average molecular weight is 320 g/mol. The van der Waals surface area contributed by atoms with E-state index in [0.29, 0.717) is 17.1 Å². The number of hydrogen-bond acceptors (Lipinski definition) is 3. The molecule has 1 aliphatic rings. The topological polar surface area (TPSA) is 83.8 Å². The van der Waals surface area contributed by atoms with Gasteiger partial charge in [0, 0.05) is 11.6 Å². The quantitative estimate of drug-likeness (QED) is 0.693. The number of aromatic amines is 1. The molecule has 1 amide bonds. The van der Waals surface area contributed by atoms with Gasteiger partial charge in [-0.25, -0.2) is 4.98 Å². The van der Waals surface area contributed by atoms with Crippen molar-refractivity contribution < 1.29 is 4.79 Å². The number of nitrogens with zero attached hydrogens (tertiary/aromatic N) is 1. The van der Waals surface area contributed by atoms with Crippen molar-refractivity contribution in [3.63, 3.8) is 0 Å². The molecule has 0 spiro atoms. The molecule has 2 aromatic carbocycles. The Labute approximate surface area is 140 Å². The molecule has 0 aliphatic carbocycles. The smallest absolute Gasteiger partial charge is 0.250 e. The van der Waals surface area contributed by atoms with E-state index >= 15 is 0 Å². The summed E-state index contributed by atoms with van der Waals surface area (Å²) in [5.41, 5.74) is 9.63. The largest absolute Gasteiger partial charge is 0.366 e. The predicted molar refractivity (Wildman–Crippen MR) is 94.6 cm³/mol. The first-order chi connectivity index (χ1) is 11.7. The van der Waals surface area contributed by atoms with E-state index in [0.717, 1.165) is 23.4 Å². The van der Waals surface area contributed by atoms with Gasteiger partial charge in [0.05, 0.1) is 11.1 Å². The zero-order valence-corrected chi connectivity index (χ0v) is 13.4. The Morgan fingerprint density at radius 1 is 1.12 bits per heavy atom. The molecule has 2 heterocycles. The third-order valence-electron chi connectivity index (χ3n) is 4.67. The molecular weight excluding hydrogens is 300 g/mol. The molecule has 1 fully saturated rings. The minimum absolute atomic E-state index is 0.443. The lowest BCUT2D eigenvalue weighted by atomic mass is 9.97. The van der Waals surface area contributed by atoms with Crippen molar-refractivity contribution in [2.75, 3.05) is 6.54 Å². The van der Waals surface area contributed by atoms with Crippen molar-refractivity contribution >= 4 is 16.9 Å². The molecular formula is C19H20N4O. The number of primary amides is 1. The summed E-state index contributed by atoms with van der Waals surface area (Å²) in [7, 11) is 0. The number of rotatable bonds is 3. The Morgan fingerprint density at radius 2 is 1.96 bits per heavy atom. The Hall–Kier alpha value is -2.66. The van der Waals surface area contributed by atoms with Crippen LogP contribution in [0.2, 0.25) is 0 Å². The SMILES string of the molecule is NC(=O)c1cccc2[nH]c(-c3ccc([C@@H]4CCCCN4)cc3)nc12. The maximum absolute atomic E-state index is 11.5. The van der Waals surface area contributed by atoms with E-state index in [1.807, 2.05) is 12.1 Å². The fourth-order valence-electron chi connectivity index (χ4n) is 3.38. The number of imidazole rings is 1.